The average Bonchev–Trinajstić information content (AvgIpc) is 2.43. The van der Waals surface area contributed by atoms with Crippen LogP contribution in [0.1, 0.15) is 70.0 Å². The maximum Gasteiger partial charge on any atom is 0.0320 e. The molecule has 102 valence electrons. The van der Waals surface area contributed by atoms with Crippen LogP contribution in [0.15, 0.2) is 24.3 Å². The molecular formula is C17H29N. The Morgan fingerprint density at radius 1 is 0.944 bits per heavy atom. The zero-order chi connectivity index (χ0) is 13.5. The molecule has 0 aromatic heterocycles. The molecule has 0 aliphatic heterocycles. The van der Waals surface area contributed by atoms with Crippen LogP contribution in [0.5, 0.6) is 0 Å². The molecule has 0 aliphatic carbocycles. The highest BCUT2D eigenvalue weighted by atomic mass is 14.9. The van der Waals surface area contributed by atoms with E-state index < -0.39 is 0 Å². The van der Waals surface area contributed by atoms with Gasteiger partial charge in [-0.25, -0.2) is 0 Å². The van der Waals surface area contributed by atoms with Crippen LogP contribution in [0.4, 0.5) is 0 Å². The topological polar surface area (TPSA) is 12.0 Å². The van der Waals surface area contributed by atoms with Crippen LogP contribution in [-0.4, -0.2) is 7.05 Å². The highest BCUT2D eigenvalue weighted by Crippen LogP contribution is 2.25. The fraction of sp³-hybridized carbons (Fsp3) is 0.647. The van der Waals surface area contributed by atoms with Crippen molar-refractivity contribution >= 4 is 0 Å². The van der Waals surface area contributed by atoms with Crippen LogP contribution >= 0.6 is 0 Å². The molecule has 3 unspecified atom stereocenters. The first-order valence-corrected chi connectivity index (χ1v) is 7.39. The molecule has 18 heavy (non-hydrogen) atoms. The van der Waals surface area contributed by atoms with Crippen LogP contribution in [0, 0.1) is 5.92 Å². The number of benzene rings is 1. The van der Waals surface area contributed by atoms with E-state index in [1.807, 2.05) is 0 Å². The van der Waals surface area contributed by atoms with Gasteiger partial charge in [0.15, 0.2) is 0 Å². The van der Waals surface area contributed by atoms with Gasteiger partial charge >= 0.3 is 0 Å². The molecule has 0 spiro atoms. The van der Waals surface area contributed by atoms with Crippen LogP contribution in [0.3, 0.4) is 0 Å². The first-order valence-electron chi connectivity index (χ1n) is 7.39. The summed E-state index contributed by atoms with van der Waals surface area (Å²) in [6.07, 6.45) is 3.68. The third kappa shape index (κ3) is 4.13. The van der Waals surface area contributed by atoms with Gasteiger partial charge in [-0.05, 0) is 42.9 Å². The molecule has 0 saturated heterocycles. The third-order valence-corrected chi connectivity index (χ3v) is 4.20. The summed E-state index contributed by atoms with van der Waals surface area (Å²) in [5.41, 5.74) is 2.88. The molecule has 0 saturated carbocycles. The van der Waals surface area contributed by atoms with E-state index in [0.717, 1.165) is 5.92 Å². The molecule has 0 aliphatic rings. The zero-order valence-electron chi connectivity index (χ0n) is 12.7. The lowest BCUT2D eigenvalue weighted by Crippen LogP contribution is -2.18. The van der Waals surface area contributed by atoms with Gasteiger partial charge in [0.1, 0.15) is 0 Å². The van der Waals surface area contributed by atoms with Gasteiger partial charge in [-0.3, -0.25) is 0 Å². The number of hydrogen-bond donors (Lipinski definition) is 1. The molecule has 3 atom stereocenters. The first kappa shape index (κ1) is 15.2. The van der Waals surface area contributed by atoms with Crippen molar-refractivity contribution in [2.75, 3.05) is 7.05 Å². The Kier molecular flexibility index (Phi) is 6.42. The minimum atomic E-state index is 0.492. The van der Waals surface area contributed by atoms with Gasteiger partial charge in [0.2, 0.25) is 0 Å². The van der Waals surface area contributed by atoms with Crippen LogP contribution in [-0.2, 0) is 0 Å². The second-order valence-electron chi connectivity index (χ2n) is 5.57. The molecule has 0 heterocycles. The van der Waals surface area contributed by atoms with Gasteiger partial charge in [-0.1, -0.05) is 58.4 Å². The molecule has 0 radical (unpaired) electrons. The first-order chi connectivity index (χ1) is 8.62. The van der Waals surface area contributed by atoms with E-state index in [2.05, 4.69) is 64.3 Å². The van der Waals surface area contributed by atoms with E-state index in [9.17, 15) is 0 Å². The minimum Gasteiger partial charge on any atom is -0.313 e. The Morgan fingerprint density at radius 3 is 1.94 bits per heavy atom. The lowest BCUT2D eigenvalue weighted by molar-refractivity contribution is 0.422. The molecule has 1 N–H and O–H groups in total. The van der Waals surface area contributed by atoms with Gasteiger partial charge in [-0.2, -0.15) is 0 Å². The molecule has 1 aromatic rings. The normalized spacial score (nSPS) is 16.3. The molecule has 0 bridgehead atoms. The second-order valence-corrected chi connectivity index (χ2v) is 5.57. The second kappa shape index (κ2) is 7.58. The van der Waals surface area contributed by atoms with E-state index in [1.165, 1.54) is 30.4 Å². The summed E-state index contributed by atoms with van der Waals surface area (Å²) >= 11 is 0. The fourth-order valence-corrected chi connectivity index (χ4v) is 2.28. The molecule has 1 rings (SSSR count). The highest BCUT2D eigenvalue weighted by Gasteiger charge is 2.13. The molecule has 1 aromatic carbocycles. The van der Waals surface area contributed by atoms with E-state index in [1.54, 1.807) is 0 Å². The Morgan fingerprint density at radius 2 is 1.50 bits per heavy atom. The Hall–Kier alpha value is -0.820. The third-order valence-electron chi connectivity index (χ3n) is 4.20. The predicted molar refractivity (Wildman–Crippen MR) is 81.0 cm³/mol. The van der Waals surface area contributed by atoms with E-state index in [-0.39, 0.29) is 0 Å². The van der Waals surface area contributed by atoms with E-state index >= 15 is 0 Å². The van der Waals surface area contributed by atoms with Gasteiger partial charge in [0, 0.05) is 6.04 Å². The summed E-state index contributed by atoms with van der Waals surface area (Å²) in [5, 5.41) is 3.45. The van der Waals surface area contributed by atoms with Crippen molar-refractivity contribution in [3.63, 3.8) is 0 Å². The monoisotopic (exact) mass is 247 g/mol. The van der Waals surface area contributed by atoms with E-state index in [0.29, 0.717) is 12.0 Å². The van der Waals surface area contributed by atoms with Gasteiger partial charge in [-0.15, -0.1) is 0 Å². The van der Waals surface area contributed by atoms with Gasteiger partial charge < -0.3 is 5.32 Å². The quantitative estimate of drug-likeness (QED) is 0.723. The smallest absolute Gasteiger partial charge is 0.0320 e. The zero-order valence-corrected chi connectivity index (χ0v) is 12.7. The predicted octanol–water partition coefficient (Wildman–Crippen LogP) is 4.90. The maximum absolute atomic E-state index is 3.45. The van der Waals surface area contributed by atoms with Crippen LogP contribution < -0.4 is 5.32 Å². The lowest BCUT2D eigenvalue weighted by Gasteiger charge is -2.21. The molecular weight excluding hydrogens is 218 g/mol. The summed E-state index contributed by atoms with van der Waals surface area (Å²) in [6.45, 7) is 9.14. The Balaban J connectivity index is 2.75. The summed E-state index contributed by atoms with van der Waals surface area (Å²) in [6, 6.07) is 9.68. The van der Waals surface area contributed by atoms with Crippen molar-refractivity contribution in [1.29, 1.82) is 0 Å². The summed E-state index contributed by atoms with van der Waals surface area (Å²) in [5.74, 6) is 1.44. The van der Waals surface area contributed by atoms with Crippen LogP contribution in [0.25, 0.3) is 0 Å². The maximum atomic E-state index is 3.45. The van der Waals surface area contributed by atoms with Crippen molar-refractivity contribution in [2.24, 2.45) is 5.92 Å². The summed E-state index contributed by atoms with van der Waals surface area (Å²) in [4.78, 5) is 0. The largest absolute Gasteiger partial charge is 0.313 e. The summed E-state index contributed by atoms with van der Waals surface area (Å²) < 4.78 is 0. The molecule has 0 amide bonds. The van der Waals surface area contributed by atoms with Crippen molar-refractivity contribution in [1.82, 2.24) is 5.32 Å². The Bertz CT molecular complexity index is 328. The minimum absolute atomic E-state index is 0.492. The summed E-state index contributed by atoms with van der Waals surface area (Å²) in [7, 11) is 2.07. The average molecular weight is 247 g/mol. The van der Waals surface area contributed by atoms with Crippen molar-refractivity contribution in [2.45, 2.75) is 58.9 Å². The van der Waals surface area contributed by atoms with Gasteiger partial charge in [0.05, 0.1) is 0 Å². The van der Waals surface area contributed by atoms with E-state index in [4.69, 9.17) is 0 Å². The molecule has 0 fully saturated rings. The SMILES string of the molecule is CCC(C)CC(NC)c1ccc(C(C)CC)cc1. The van der Waals surface area contributed by atoms with Crippen LogP contribution in [0.2, 0.25) is 0 Å². The van der Waals surface area contributed by atoms with Crippen molar-refractivity contribution in [3.05, 3.63) is 35.4 Å². The fourth-order valence-electron chi connectivity index (χ4n) is 2.28. The number of rotatable bonds is 7. The molecule has 1 heteroatoms. The van der Waals surface area contributed by atoms with Crippen molar-refractivity contribution < 1.29 is 0 Å². The number of nitrogens with one attached hydrogen (secondary N) is 1. The van der Waals surface area contributed by atoms with Gasteiger partial charge in [0.25, 0.3) is 0 Å². The van der Waals surface area contributed by atoms with Crippen molar-refractivity contribution in [3.8, 4) is 0 Å². The highest BCUT2D eigenvalue weighted by molar-refractivity contribution is 5.27. The lowest BCUT2D eigenvalue weighted by atomic mass is 9.92. The number of hydrogen-bond acceptors (Lipinski definition) is 1. The standard InChI is InChI=1S/C17H29N/c1-6-13(3)12-17(18-5)16-10-8-15(9-11-16)14(4)7-2/h8-11,13-14,17-18H,6-7,12H2,1-5H3. The Labute approximate surface area is 113 Å². The molecule has 1 nitrogen and oxygen atoms in total.